The van der Waals surface area contributed by atoms with Crippen LogP contribution in [0.25, 0.3) is 0 Å². The Hall–Kier alpha value is -0.700. The minimum atomic E-state index is -0.209. The average molecular weight is 246 g/mol. The normalized spacial score (nSPS) is 12.4. The highest BCUT2D eigenvalue weighted by Crippen LogP contribution is 2.28. The van der Waals surface area contributed by atoms with E-state index < -0.39 is 0 Å². The lowest BCUT2D eigenvalue weighted by Crippen LogP contribution is -2.12. The van der Waals surface area contributed by atoms with Crippen molar-refractivity contribution in [1.82, 2.24) is 0 Å². The van der Waals surface area contributed by atoms with Crippen LogP contribution in [0, 0.1) is 6.92 Å². The molecule has 2 atom stereocenters. The Balaban J connectivity index is 2.31. The summed E-state index contributed by atoms with van der Waals surface area (Å²) in [6.07, 6.45) is 0. The van der Waals surface area contributed by atoms with Gasteiger partial charge in [0.15, 0.2) is 0 Å². The molecule has 0 spiro atoms. The Morgan fingerprint density at radius 3 is 2.25 bits per heavy atom. The van der Waals surface area contributed by atoms with Crippen LogP contribution in [0.15, 0.2) is 48.5 Å². The van der Waals surface area contributed by atoms with E-state index in [1.54, 1.807) is 0 Å². The fraction of sp³-hybridized carbons (Fsp3) is 0.143. The molecule has 0 aliphatic heterocycles. The molecular formula is C14H16P2. The summed E-state index contributed by atoms with van der Waals surface area (Å²) in [5.41, 5.74) is 1.34. The van der Waals surface area contributed by atoms with E-state index in [-0.39, 0.29) is 7.92 Å². The van der Waals surface area contributed by atoms with E-state index in [4.69, 9.17) is 0 Å². The van der Waals surface area contributed by atoms with Crippen LogP contribution in [0.5, 0.6) is 0 Å². The minimum Gasteiger partial charge on any atom is -0.106 e. The summed E-state index contributed by atoms with van der Waals surface area (Å²) in [5, 5.41) is 4.13. The highest BCUT2D eigenvalue weighted by molar-refractivity contribution is 7.72. The van der Waals surface area contributed by atoms with E-state index in [0.29, 0.717) is 0 Å². The van der Waals surface area contributed by atoms with Gasteiger partial charge in [-0.1, -0.05) is 54.1 Å². The highest BCUT2D eigenvalue weighted by Gasteiger charge is 2.07. The molecular weight excluding hydrogens is 230 g/mol. The second-order valence-corrected chi connectivity index (χ2v) is 6.81. The second-order valence-electron chi connectivity index (χ2n) is 3.99. The van der Waals surface area contributed by atoms with Crippen molar-refractivity contribution in [2.24, 2.45) is 0 Å². The third-order valence-electron chi connectivity index (χ3n) is 2.67. The van der Waals surface area contributed by atoms with Crippen molar-refractivity contribution < 1.29 is 0 Å². The first-order valence-corrected chi connectivity index (χ1v) is 7.69. The maximum Gasteiger partial charge on any atom is -0.0195 e. The van der Waals surface area contributed by atoms with Crippen molar-refractivity contribution in [2.45, 2.75) is 6.92 Å². The summed E-state index contributed by atoms with van der Waals surface area (Å²) in [6.45, 7) is 4.47. The van der Waals surface area contributed by atoms with E-state index in [9.17, 15) is 0 Å². The van der Waals surface area contributed by atoms with Crippen LogP contribution in [0.4, 0.5) is 0 Å². The fourth-order valence-electron chi connectivity index (χ4n) is 1.68. The Morgan fingerprint density at radius 2 is 1.62 bits per heavy atom. The lowest BCUT2D eigenvalue weighted by atomic mass is 10.2. The van der Waals surface area contributed by atoms with Gasteiger partial charge >= 0.3 is 0 Å². The van der Waals surface area contributed by atoms with Crippen molar-refractivity contribution in [3.05, 3.63) is 54.1 Å². The first kappa shape index (κ1) is 11.8. The van der Waals surface area contributed by atoms with Crippen LogP contribution < -0.4 is 15.9 Å². The first-order chi connectivity index (χ1) is 7.66. The van der Waals surface area contributed by atoms with Crippen LogP contribution in [-0.4, -0.2) is 6.66 Å². The zero-order chi connectivity index (χ0) is 11.5. The van der Waals surface area contributed by atoms with Gasteiger partial charge < -0.3 is 0 Å². The van der Waals surface area contributed by atoms with E-state index >= 15 is 0 Å². The van der Waals surface area contributed by atoms with Gasteiger partial charge in [0.1, 0.15) is 0 Å². The summed E-state index contributed by atoms with van der Waals surface area (Å²) in [4.78, 5) is 0. The van der Waals surface area contributed by atoms with Crippen LogP contribution >= 0.6 is 17.2 Å². The summed E-state index contributed by atoms with van der Waals surface area (Å²) >= 11 is 0. The van der Waals surface area contributed by atoms with Crippen LogP contribution in [0.2, 0.25) is 0 Å². The van der Waals surface area contributed by atoms with E-state index in [2.05, 4.69) is 71.4 Å². The molecule has 0 saturated heterocycles. The van der Waals surface area contributed by atoms with Crippen molar-refractivity contribution in [3.63, 3.8) is 0 Å². The van der Waals surface area contributed by atoms with Gasteiger partial charge in [0.2, 0.25) is 0 Å². The summed E-state index contributed by atoms with van der Waals surface area (Å²) in [6, 6.07) is 17.6. The standard InChI is InChI=1S/C14H16P2/c1-11-4-3-5-14(10-11)16(2)13-8-6-12(15)7-9-13/h3-10H,15H2,1-2H3. The van der Waals surface area contributed by atoms with E-state index in [1.165, 1.54) is 21.5 Å². The average Bonchev–Trinajstić information content (AvgIpc) is 2.29. The Labute approximate surface area is 101 Å². The molecule has 16 heavy (non-hydrogen) atoms. The molecule has 0 aliphatic carbocycles. The van der Waals surface area contributed by atoms with Gasteiger partial charge in [-0.25, -0.2) is 0 Å². The summed E-state index contributed by atoms with van der Waals surface area (Å²) < 4.78 is 0. The molecule has 0 heterocycles. The quantitative estimate of drug-likeness (QED) is 0.714. The molecule has 0 saturated carbocycles. The predicted molar refractivity (Wildman–Crippen MR) is 79.1 cm³/mol. The van der Waals surface area contributed by atoms with Crippen molar-refractivity contribution in [3.8, 4) is 0 Å². The first-order valence-electron chi connectivity index (χ1n) is 5.33. The maximum absolute atomic E-state index is 2.73. The zero-order valence-electron chi connectivity index (χ0n) is 9.64. The molecule has 0 nitrogen and oxygen atoms in total. The monoisotopic (exact) mass is 246 g/mol. The van der Waals surface area contributed by atoms with Crippen LogP contribution in [0.1, 0.15) is 5.56 Å². The van der Waals surface area contributed by atoms with Gasteiger partial charge in [-0.2, -0.15) is 0 Å². The SMILES string of the molecule is Cc1cccc(P(C)c2ccc(P)cc2)c1. The van der Waals surface area contributed by atoms with Gasteiger partial charge in [0.25, 0.3) is 0 Å². The molecule has 0 aliphatic rings. The number of hydrogen-bond donors (Lipinski definition) is 0. The van der Waals surface area contributed by atoms with Gasteiger partial charge in [0.05, 0.1) is 0 Å². The van der Waals surface area contributed by atoms with Crippen molar-refractivity contribution >= 4 is 33.1 Å². The zero-order valence-corrected chi connectivity index (χ0v) is 11.7. The fourth-order valence-corrected chi connectivity index (χ4v) is 3.48. The topological polar surface area (TPSA) is 0 Å². The predicted octanol–water partition coefficient (Wildman–Crippen LogP) is 2.56. The third kappa shape index (κ3) is 2.70. The van der Waals surface area contributed by atoms with Crippen molar-refractivity contribution in [1.29, 1.82) is 0 Å². The van der Waals surface area contributed by atoms with Crippen LogP contribution in [0.3, 0.4) is 0 Å². The van der Waals surface area contributed by atoms with Gasteiger partial charge in [0, 0.05) is 0 Å². The summed E-state index contributed by atoms with van der Waals surface area (Å²) in [5.74, 6) is 0. The van der Waals surface area contributed by atoms with E-state index in [0.717, 1.165) is 0 Å². The number of rotatable bonds is 2. The maximum atomic E-state index is 2.73. The Bertz CT molecular complexity index is 474. The van der Waals surface area contributed by atoms with Gasteiger partial charge in [-0.15, -0.1) is 9.24 Å². The second kappa shape index (κ2) is 5.09. The smallest absolute Gasteiger partial charge is 0.0195 e. The molecule has 0 radical (unpaired) electrons. The lowest BCUT2D eigenvalue weighted by molar-refractivity contribution is 1.49. The minimum absolute atomic E-state index is 0.209. The highest BCUT2D eigenvalue weighted by atomic mass is 31.1. The molecule has 2 heteroatoms. The molecule has 2 rings (SSSR count). The molecule has 0 fully saturated rings. The van der Waals surface area contributed by atoms with E-state index in [1.807, 2.05) is 0 Å². The third-order valence-corrected chi connectivity index (χ3v) is 5.18. The van der Waals surface area contributed by atoms with Gasteiger partial charge in [-0.3, -0.25) is 0 Å². The molecule has 2 aromatic rings. The van der Waals surface area contributed by atoms with Gasteiger partial charge in [-0.05, 0) is 37.4 Å². The molecule has 82 valence electrons. The molecule has 0 N–H and O–H groups in total. The summed E-state index contributed by atoms with van der Waals surface area (Å²) in [7, 11) is 2.52. The molecule has 0 amide bonds. The molecule has 0 aromatic heterocycles. The van der Waals surface area contributed by atoms with Crippen molar-refractivity contribution in [2.75, 3.05) is 6.66 Å². The molecule has 2 aromatic carbocycles. The Morgan fingerprint density at radius 1 is 0.938 bits per heavy atom. The largest absolute Gasteiger partial charge is 0.106 e. The molecule has 0 bridgehead atoms. The van der Waals surface area contributed by atoms with Crippen LogP contribution in [-0.2, 0) is 0 Å². The number of hydrogen-bond acceptors (Lipinski definition) is 0. The molecule has 2 unspecified atom stereocenters. The Kier molecular flexibility index (Phi) is 3.74. The number of aryl methyl sites for hydroxylation is 1. The number of benzene rings is 2. The lowest BCUT2D eigenvalue weighted by Gasteiger charge is -2.13.